The number of carbonyl (C=O) groups is 2. The Morgan fingerprint density at radius 3 is 2.56 bits per heavy atom. The summed E-state index contributed by atoms with van der Waals surface area (Å²) in [6.07, 6.45) is 1.46. The number of halogens is 3. The molecule has 1 amide bonds. The number of carbonyl (C=O) groups excluding carboxylic acids is 2. The largest absolute Gasteiger partial charge is 0.459 e. The number of furan rings is 1. The van der Waals surface area contributed by atoms with Gasteiger partial charge in [0.2, 0.25) is 5.91 Å². The number of hydrogen-bond donors (Lipinski definition) is 2. The van der Waals surface area contributed by atoms with Crippen molar-refractivity contribution in [2.75, 3.05) is 5.73 Å². The van der Waals surface area contributed by atoms with Gasteiger partial charge in [-0.15, -0.1) is 0 Å². The molecule has 34 heavy (non-hydrogen) atoms. The van der Waals surface area contributed by atoms with Gasteiger partial charge in [0.05, 0.1) is 17.6 Å². The molecule has 3 aromatic heterocycles. The minimum absolute atomic E-state index is 0.0292. The van der Waals surface area contributed by atoms with Crippen LogP contribution in [0.2, 0.25) is 0 Å². The Labute approximate surface area is 191 Å². The molecule has 7 nitrogen and oxygen atoms in total. The molecule has 4 rings (SSSR count). The zero-order valence-electron chi connectivity index (χ0n) is 17.5. The molecular formula is C24H17F3N4O3. The van der Waals surface area contributed by atoms with Gasteiger partial charge in [-0.2, -0.15) is 13.2 Å². The third kappa shape index (κ3) is 5.12. The Bertz CT molecular complexity index is 1390. The van der Waals surface area contributed by atoms with Gasteiger partial charge in [-0.25, -0.2) is 4.98 Å². The molecule has 3 N–H and O–H groups in total. The van der Waals surface area contributed by atoms with Crippen LogP contribution in [0.1, 0.15) is 27.2 Å². The van der Waals surface area contributed by atoms with Crippen LogP contribution in [-0.4, -0.2) is 22.2 Å². The topological polar surface area (TPSA) is 111 Å². The van der Waals surface area contributed by atoms with E-state index in [9.17, 15) is 22.8 Å². The minimum atomic E-state index is -4.66. The molecule has 0 aliphatic rings. The first-order chi connectivity index (χ1) is 16.2. The molecule has 0 aliphatic heterocycles. The van der Waals surface area contributed by atoms with Crippen molar-refractivity contribution in [2.24, 2.45) is 0 Å². The van der Waals surface area contributed by atoms with Crippen molar-refractivity contribution in [1.29, 1.82) is 0 Å². The second kappa shape index (κ2) is 9.18. The summed E-state index contributed by atoms with van der Waals surface area (Å²) < 4.78 is 46.7. The molecule has 0 aliphatic carbocycles. The number of alkyl halides is 3. The molecule has 0 radical (unpaired) electrons. The summed E-state index contributed by atoms with van der Waals surface area (Å²) in [5.74, 6) is 0.164. The Morgan fingerprint density at radius 2 is 1.85 bits per heavy atom. The minimum Gasteiger partial charge on any atom is -0.459 e. The number of nitrogens with zero attached hydrogens (tertiary/aromatic N) is 2. The second-order valence-electron chi connectivity index (χ2n) is 7.31. The van der Waals surface area contributed by atoms with Gasteiger partial charge in [-0.1, -0.05) is 0 Å². The monoisotopic (exact) mass is 466 g/mol. The van der Waals surface area contributed by atoms with Crippen LogP contribution >= 0.6 is 0 Å². The molecule has 3 heterocycles. The lowest BCUT2D eigenvalue weighted by Crippen LogP contribution is -2.19. The molecule has 0 saturated carbocycles. The Kier molecular flexibility index (Phi) is 6.13. The summed E-state index contributed by atoms with van der Waals surface area (Å²) in [7, 11) is 0. The van der Waals surface area contributed by atoms with Crippen LogP contribution in [0.4, 0.5) is 19.0 Å². The number of aldehydes is 1. The van der Waals surface area contributed by atoms with E-state index in [2.05, 4.69) is 15.3 Å². The van der Waals surface area contributed by atoms with Gasteiger partial charge in [-0.3, -0.25) is 14.6 Å². The van der Waals surface area contributed by atoms with Crippen LogP contribution in [0, 0.1) is 0 Å². The number of nitrogens with one attached hydrogen (secondary N) is 1. The summed E-state index contributed by atoms with van der Waals surface area (Å²) >= 11 is 0. The summed E-state index contributed by atoms with van der Waals surface area (Å²) in [6.45, 7) is -0.0328. The number of hydrogen-bond acceptors (Lipinski definition) is 6. The highest BCUT2D eigenvalue weighted by molar-refractivity contribution is 5.92. The highest BCUT2D eigenvalue weighted by atomic mass is 19.4. The number of amides is 1. The maximum atomic E-state index is 13.7. The number of nitrogens with two attached hydrogens (primary N) is 1. The van der Waals surface area contributed by atoms with Crippen LogP contribution < -0.4 is 11.1 Å². The summed E-state index contributed by atoms with van der Waals surface area (Å²) in [5.41, 5.74) is 5.41. The highest BCUT2D eigenvalue weighted by Gasteiger charge is 2.35. The Morgan fingerprint density at radius 1 is 1.06 bits per heavy atom. The van der Waals surface area contributed by atoms with Crippen LogP contribution in [0.15, 0.2) is 65.4 Å². The van der Waals surface area contributed by atoms with Gasteiger partial charge in [0.1, 0.15) is 17.3 Å². The maximum absolute atomic E-state index is 13.7. The average molecular weight is 466 g/mol. The van der Waals surface area contributed by atoms with Crippen molar-refractivity contribution < 1.29 is 27.2 Å². The molecule has 0 fully saturated rings. The predicted molar refractivity (Wildman–Crippen MR) is 119 cm³/mol. The third-order valence-corrected chi connectivity index (χ3v) is 4.88. The van der Waals surface area contributed by atoms with E-state index in [0.717, 1.165) is 6.07 Å². The molecule has 0 saturated heterocycles. The van der Waals surface area contributed by atoms with E-state index in [1.54, 1.807) is 18.2 Å². The number of benzene rings is 1. The number of pyridine rings is 2. The second-order valence-corrected chi connectivity index (χ2v) is 7.31. The van der Waals surface area contributed by atoms with Crippen LogP contribution in [0.25, 0.3) is 28.3 Å². The first-order valence-corrected chi connectivity index (χ1v) is 9.95. The van der Waals surface area contributed by atoms with E-state index in [1.807, 2.05) is 0 Å². The van der Waals surface area contributed by atoms with Gasteiger partial charge < -0.3 is 15.5 Å². The van der Waals surface area contributed by atoms with Gasteiger partial charge in [-0.05, 0) is 54.1 Å². The smallest absolute Gasteiger partial charge is 0.417 e. The molecular weight excluding hydrogens is 449 g/mol. The predicted octanol–water partition coefficient (Wildman–Crippen LogP) is 4.63. The standard InChI is InChI=1S/C24H17F3N4O3/c25-24(26,27)19-9-20-16(7-15(13-32)11-29-20)8-18(19)21-4-3-17(34-21)12-31-23(33)6-2-14-1-5-22(28)30-10-14/h1-11,13H,12H2,(H2,28,30)(H,31,33)/b6-2+. The first-order valence-electron chi connectivity index (χ1n) is 9.95. The molecule has 0 atom stereocenters. The molecule has 0 bridgehead atoms. The van der Waals surface area contributed by atoms with Crippen LogP contribution in [0.5, 0.6) is 0 Å². The van der Waals surface area contributed by atoms with Crippen molar-refractivity contribution in [3.05, 3.63) is 83.4 Å². The van der Waals surface area contributed by atoms with E-state index in [4.69, 9.17) is 10.2 Å². The number of rotatable bonds is 6. The van der Waals surface area contributed by atoms with Crippen molar-refractivity contribution in [2.45, 2.75) is 12.7 Å². The van der Waals surface area contributed by atoms with Gasteiger partial charge in [0.25, 0.3) is 0 Å². The lowest BCUT2D eigenvalue weighted by molar-refractivity contribution is -0.137. The van der Waals surface area contributed by atoms with Crippen molar-refractivity contribution >= 4 is 35.0 Å². The van der Waals surface area contributed by atoms with E-state index in [1.165, 1.54) is 42.7 Å². The van der Waals surface area contributed by atoms with Gasteiger partial charge in [0.15, 0.2) is 6.29 Å². The molecule has 4 aromatic rings. The van der Waals surface area contributed by atoms with E-state index in [-0.39, 0.29) is 34.7 Å². The number of anilines is 1. The highest BCUT2D eigenvalue weighted by Crippen LogP contribution is 2.39. The summed E-state index contributed by atoms with van der Waals surface area (Å²) in [5, 5.41) is 2.96. The maximum Gasteiger partial charge on any atom is 0.417 e. The lowest BCUT2D eigenvalue weighted by Gasteiger charge is -2.13. The van der Waals surface area contributed by atoms with Gasteiger partial charge in [0, 0.05) is 35.0 Å². The summed E-state index contributed by atoms with van der Waals surface area (Å²) in [4.78, 5) is 30.9. The lowest BCUT2D eigenvalue weighted by atomic mass is 10.0. The fourth-order valence-electron chi connectivity index (χ4n) is 3.23. The Hall–Kier alpha value is -4.47. The van der Waals surface area contributed by atoms with E-state index >= 15 is 0 Å². The fraction of sp³-hybridized carbons (Fsp3) is 0.0833. The molecule has 10 heteroatoms. The number of nitrogen functional groups attached to an aromatic ring is 1. The van der Waals surface area contributed by atoms with E-state index in [0.29, 0.717) is 23.1 Å². The van der Waals surface area contributed by atoms with Crippen LogP contribution in [0.3, 0.4) is 0 Å². The van der Waals surface area contributed by atoms with Crippen molar-refractivity contribution in [1.82, 2.24) is 15.3 Å². The SMILES string of the molecule is Nc1ccc(/C=C/C(=O)NCc2ccc(-c3cc4cc(C=O)cnc4cc3C(F)(F)F)o2)cn1. The fourth-order valence-corrected chi connectivity index (χ4v) is 3.23. The van der Waals surface area contributed by atoms with Crippen molar-refractivity contribution in [3.8, 4) is 11.3 Å². The zero-order chi connectivity index (χ0) is 24.3. The van der Waals surface area contributed by atoms with E-state index < -0.39 is 17.6 Å². The zero-order valence-corrected chi connectivity index (χ0v) is 17.5. The van der Waals surface area contributed by atoms with Crippen molar-refractivity contribution in [3.63, 3.8) is 0 Å². The first kappa shape index (κ1) is 22.7. The summed E-state index contributed by atoms with van der Waals surface area (Å²) in [6, 6.07) is 9.81. The number of fused-ring (bicyclic) bond motifs is 1. The Balaban J connectivity index is 1.54. The normalized spacial score (nSPS) is 11.7. The molecule has 1 aromatic carbocycles. The molecule has 0 spiro atoms. The van der Waals surface area contributed by atoms with Gasteiger partial charge >= 0.3 is 6.18 Å². The average Bonchev–Trinajstić information content (AvgIpc) is 3.29. The molecule has 0 unspecified atom stereocenters. The number of aromatic nitrogens is 2. The quantitative estimate of drug-likeness (QED) is 0.317. The molecule has 172 valence electrons. The van der Waals surface area contributed by atoms with Crippen LogP contribution in [-0.2, 0) is 17.5 Å². The third-order valence-electron chi connectivity index (χ3n) is 4.88.